The number of benzene rings is 1. The summed E-state index contributed by atoms with van der Waals surface area (Å²) in [4.78, 5) is 14.1. The van der Waals surface area contributed by atoms with Crippen LogP contribution in [0.4, 0.5) is 0 Å². The van der Waals surface area contributed by atoms with Crippen molar-refractivity contribution >= 4 is 17.5 Å². The summed E-state index contributed by atoms with van der Waals surface area (Å²) in [7, 11) is 0. The molecular formula is C14H18ClNO3. The van der Waals surface area contributed by atoms with Gasteiger partial charge in [-0.3, -0.25) is 4.79 Å². The van der Waals surface area contributed by atoms with Crippen LogP contribution < -0.4 is 0 Å². The molecule has 0 saturated carbocycles. The molecule has 0 bridgehead atoms. The summed E-state index contributed by atoms with van der Waals surface area (Å²) in [6, 6.07) is 4.98. The van der Waals surface area contributed by atoms with Crippen LogP contribution in [0, 0.1) is 6.92 Å². The fourth-order valence-corrected chi connectivity index (χ4v) is 2.39. The van der Waals surface area contributed by atoms with E-state index in [1.54, 1.807) is 24.0 Å². The Morgan fingerprint density at radius 3 is 2.89 bits per heavy atom. The van der Waals surface area contributed by atoms with Crippen LogP contribution in [-0.4, -0.2) is 47.1 Å². The van der Waals surface area contributed by atoms with E-state index in [0.29, 0.717) is 24.5 Å². The van der Waals surface area contributed by atoms with E-state index in [1.807, 2.05) is 6.92 Å². The van der Waals surface area contributed by atoms with Crippen LogP contribution in [0.15, 0.2) is 18.2 Å². The molecule has 104 valence electrons. The Balaban J connectivity index is 2.16. The van der Waals surface area contributed by atoms with Gasteiger partial charge in [-0.2, -0.15) is 0 Å². The predicted molar refractivity (Wildman–Crippen MR) is 73.8 cm³/mol. The summed E-state index contributed by atoms with van der Waals surface area (Å²) in [6.07, 6.45) is -0.158. The van der Waals surface area contributed by atoms with Crippen molar-refractivity contribution in [1.29, 1.82) is 0 Å². The maximum atomic E-state index is 12.4. The molecule has 1 amide bonds. The maximum absolute atomic E-state index is 12.4. The topological polar surface area (TPSA) is 49.8 Å². The van der Waals surface area contributed by atoms with Crippen LogP contribution in [0.5, 0.6) is 5.75 Å². The molecule has 1 aliphatic rings. The van der Waals surface area contributed by atoms with E-state index in [9.17, 15) is 9.90 Å². The van der Waals surface area contributed by atoms with E-state index in [0.717, 1.165) is 5.56 Å². The van der Waals surface area contributed by atoms with Crippen molar-refractivity contribution in [3.8, 4) is 5.75 Å². The normalized spacial score (nSPS) is 23.4. The largest absolute Gasteiger partial charge is 0.508 e. The number of aryl methyl sites for hydroxylation is 1. The van der Waals surface area contributed by atoms with Gasteiger partial charge in [-0.25, -0.2) is 0 Å². The monoisotopic (exact) mass is 283 g/mol. The Kier molecular flexibility index (Phi) is 4.32. The van der Waals surface area contributed by atoms with Gasteiger partial charge >= 0.3 is 0 Å². The highest BCUT2D eigenvalue weighted by Crippen LogP contribution is 2.20. The Labute approximate surface area is 117 Å². The lowest BCUT2D eigenvalue weighted by molar-refractivity contribution is -0.0570. The molecule has 2 rings (SSSR count). The second-order valence-electron chi connectivity index (χ2n) is 4.93. The predicted octanol–water partition coefficient (Wildman–Crippen LogP) is 2.17. The third kappa shape index (κ3) is 3.19. The van der Waals surface area contributed by atoms with Crippen LogP contribution >= 0.6 is 11.6 Å². The average molecular weight is 284 g/mol. The molecule has 1 heterocycles. The summed E-state index contributed by atoms with van der Waals surface area (Å²) in [5, 5.41) is 9.68. The highest BCUT2D eigenvalue weighted by atomic mass is 35.5. The summed E-state index contributed by atoms with van der Waals surface area (Å²) in [5.74, 6) is 0.411. The first-order chi connectivity index (χ1) is 9.01. The Hall–Kier alpha value is -1.26. The molecule has 0 aromatic heterocycles. The molecule has 1 aromatic carbocycles. The number of phenols is 1. The molecular weight excluding hydrogens is 266 g/mol. The minimum Gasteiger partial charge on any atom is -0.508 e. The number of hydrogen-bond acceptors (Lipinski definition) is 3. The first-order valence-electron chi connectivity index (χ1n) is 6.31. The summed E-state index contributed by atoms with van der Waals surface area (Å²) in [5.41, 5.74) is 1.25. The number of hydrogen-bond donors (Lipinski definition) is 1. The lowest BCUT2D eigenvalue weighted by Gasteiger charge is -2.36. The molecule has 0 radical (unpaired) electrons. The standard InChI is InChI=1S/C14H18ClNO3/c1-9-3-4-11(5-13(9)17)14(18)16-7-10(2)19-12(6-15)8-16/h3-5,10,12,17H,6-8H2,1-2H3. The molecule has 0 spiro atoms. The second kappa shape index (κ2) is 5.80. The molecule has 2 unspecified atom stereocenters. The van der Waals surface area contributed by atoms with Crippen molar-refractivity contribution in [2.45, 2.75) is 26.1 Å². The molecule has 19 heavy (non-hydrogen) atoms. The van der Waals surface area contributed by atoms with Gasteiger partial charge in [0, 0.05) is 18.7 Å². The summed E-state index contributed by atoms with van der Waals surface area (Å²) in [6.45, 7) is 4.75. The summed E-state index contributed by atoms with van der Waals surface area (Å²) < 4.78 is 5.62. The lowest BCUT2D eigenvalue weighted by Crippen LogP contribution is -2.49. The molecule has 2 atom stereocenters. The molecule has 1 N–H and O–H groups in total. The van der Waals surface area contributed by atoms with Gasteiger partial charge in [0.05, 0.1) is 18.1 Å². The lowest BCUT2D eigenvalue weighted by atomic mass is 10.1. The van der Waals surface area contributed by atoms with Crippen LogP contribution in [0.1, 0.15) is 22.8 Å². The molecule has 5 heteroatoms. The van der Waals surface area contributed by atoms with E-state index in [2.05, 4.69) is 0 Å². The fourth-order valence-electron chi connectivity index (χ4n) is 2.22. The second-order valence-corrected chi connectivity index (χ2v) is 5.24. The number of carbonyl (C=O) groups excluding carboxylic acids is 1. The number of alkyl halides is 1. The van der Waals surface area contributed by atoms with E-state index < -0.39 is 0 Å². The van der Waals surface area contributed by atoms with Crippen LogP contribution in [-0.2, 0) is 4.74 Å². The summed E-state index contributed by atoms with van der Waals surface area (Å²) >= 11 is 5.80. The fraction of sp³-hybridized carbons (Fsp3) is 0.500. The number of ether oxygens (including phenoxy) is 1. The molecule has 4 nitrogen and oxygen atoms in total. The van der Waals surface area contributed by atoms with Gasteiger partial charge in [0.1, 0.15) is 5.75 Å². The highest BCUT2D eigenvalue weighted by Gasteiger charge is 2.28. The molecule has 1 aliphatic heterocycles. The van der Waals surface area contributed by atoms with Gasteiger partial charge in [0.15, 0.2) is 0 Å². The van der Waals surface area contributed by atoms with Gasteiger partial charge in [-0.05, 0) is 31.5 Å². The van der Waals surface area contributed by atoms with Crippen molar-refractivity contribution < 1.29 is 14.6 Å². The minimum absolute atomic E-state index is 0.0273. The zero-order valence-corrected chi connectivity index (χ0v) is 11.9. The number of carbonyl (C=O) groups is 1. The number of nitrogens with zero attached hydrogens (tertiary/aromatic N) is 1. The minimum atomic E-state index is -0.131. The smallest absolute Gasteiger partial charge is 0.254 e. The number of halogens is 1. The molecule has 1 saturated heterocycles. The SMILES string of the molecule is Cc1ccc(C(=O)N2CC(C)OC(CCl)C2)cc1O. The van der Waals surface area contributed by atoms with Crippen molar-refractivity contribution in [1.82, 2.24) is 4.90 Å². The number of phenolic OH excluding ortho intramolecular Hbond substituents is 1. The zero-order valence-electron chi connectivity index (χ0n) is 11.1. The van der Waals surface area contributed by atoms with Crippen LogP contribution in [0.25, 0.3) is 0 Å². The Morgan fingerprint density at radius 1 is 1.53 bits per heavy atom. The van der Waals surface area contributed by atoms with Crippen LogP contribution in [0.2, 0.25) is 0 Å². The van der Waals surface area contributed by atoms with Gasteiger partial charge in [-0.15, -0.1) is 11.6 Å². The number of morpholine rings is 1. The third-order valence-corrected chi connectivity index (χ3v) is 3.59. The quantitative estimate of drug-likeness (QED) is 0.846. The van der Waals surface area contributed by atoms with Crippen molar-refractivity contribution in [3.05, 3.63) is 29.3 Å². The molecule has 0 aliphatic carbocycles. The molecule has 1 aromatic rings. The van der Waals surface area contributed by atoms with Gasteiger partial charge in [-0.1, -0.05) is 6.07 Å². The highest BCUT2D eigenvalue weighted by molar-refractivity contribution is 6.18. The molecule has 1 fully saturated rings. The average Bonchev–Trinajstić information content (AvgIpc) is 2.40. The van der Waals surface area contributed by atoms with E-state index in [1.165, 1.54) is 6.07 Å². The van der Waals surface area contributed by atoms with Gasteiger partial charge in [0.25, 0.3) is 5.91 Å². The van der Waals surface area contributed by atoms with Crippen LogP contribution in [0.3, 0.4) is 0 Å². The Bertz CT molecular complexity index is 478. The number of rotatable bonds is 2. The van der Waals surface area contributed by atoms with E-state index in [-0.39, 0.29) is 23.9 Å². The van der Waals surface area contributed by atoms with E-state index >= 15 is 0 Å². The zero-order chi connectivity index (χ0) is 14.0. The van der Waals surface area contributed by atoms with E-state index in [4.69, 9.17) is 16.3 Å². The van der Waals surface area contributed by atoms with Crippen molar-refractivity contribution in [3.63, 3.8) is 0 Å². The Morgan fingerprint density at radius 2 is 2.26 bits per heavy atom. The maximum Gasteiger partial charge on any atom is 0.254 e. The van der Waals surface area contributed by atoms with Crippen molar-refractivity contribution in [2.24, 2.45) is 0 Å². The van der Waals surface area contributed by atoms with Gasteiger partial charge < -0.3 is 14.7 Å². The van der Waals surface area contributed by atoms with Crippen molar-refractivity contribution in [2.75, 3.05) is 19.0 Å². The first-order valence-corrected chi connectivity index (χ1v) is 6.85. The first kappa shape index (κ1) is 14.2. The van der Waals surface area contributed by atoms with Gasteiger partial charge in [0.2, 0.25) is 0 Å². The third-order valence-electron chi connectivity index (χ3n) is 3.24. The number of amides is 1. The number of aromatic hydroxyl groups is 1.